The zero-order valence-corrected chi connectivity index (χ0v) is 20.9. The fourth-order valence-corrected chi connectivity index (χ4v) is 6.06. The molecule has 3 fully saturated rings. The third kappa shape index (κ3) is 5.13. The number of benzene rings is 1. The summed E-state index contributed by atoms with van der Waals surface area (Å²) in [4.78, 5) is 45.1. The van der Waals surface area contributed by atoms with Crippen molar-refractivity contribution >= 4 is 23.4 Å². The van der Waals surface area contributed by atoms with Gasteiger partial charge in [0, 0.05) is 25.2 Å². The zero-order chi connectivity index (χ0) is 25.0. The van der Waals surface area contributed by atoms with E-state index in [0.717, 1.165) is 12.1 Å². The van der Waals surface area contributed by atoms with E-state index in [0.29, 0.717) is 57.2 Å². The molecule has 8 nitrogen and oxygen atoms in total. The first-order valence-electron chi connectivity index (χ1n) is 13.2. The molecule has 2 aromatic rings. The van der Waals surface area contributed by atoms with Crippen LogP contribution in [0.3, 0.4) is 0 Å². The van der Waals surface area contributed by atoms with E-state index < -0.39 is 5.54 Å². The normalized spacial score (nSPS) is 19.9. The quantitative estimate of drug-likeness (QED) is 0.609. The lowest BCUT2D eigenvalue weighted by atomic mass is 9.85. The van der Waals surface area contributed by atoms with Gasteiger partial charge in [0.05, 0.1) is 19.5 Å². The van der Waals surface area contributed by atoms with E-state index in [1.54, 1.807) is 23.3 Å². The number of nitrogens with one attached hydrogen (secondary N) is 1. The lowest BCUT2D eigenvalue weighted by Crippen LogP contribution is -2.57. The lowest BCUT2D eigenvalue weighted by Gasteiger charge is -2.43. The first kappa shape index (κ1) is 24.4. The second-order valence-electron chi connectivity index (χ2n) is 10.4. The van der Waals surface area contributed by atoms with Gasteiger partial charge in [-0.1, -0.05) is 43.9 Å². The van der Waals surface area contributed by atoms with Crippen molar-refractivity contribution < 1.29 is 18.8 Å². The molecule has 1 aromatic carbocycles. The highest BCUT2D eigenvalue weighted by Crippen LogP contribution is 2.39. The summed E-state index contributed by atoms with van der Waals surface area (Å²) in [6, 6.07) is 13.5. The van der Waals surface area contributed by atoms with Crippen LogP contribution in [0.25, 0.3) is 0 Å². The van der Waals surface area contributed by atoms with Gasteiger partial charge in [0.25, 0.3) is 5.91 Å². The van der Waals surface area contributed by atoms with Gasteiger partial charge in [-0.15, -0.1) is 0 Å². The summed E-state index contributed by atoms with van der Waals surface area (Å²) in [5, 5.41) is 2.84. The maximum absolute atomic E-state index is 13.8. The van der Waals surface area contributed by atoms with Crippen molar-refractivity contribution in [2.24, 2.45) is 5.92 Å². The molecule has 3 heterocycles. The van der Waals surface area contributed by atoms with E-state index in [-0.39, 0.29) is 24.3 Å². The van der Waals surface area contributed by atoms with Gasteiger partial charge in [-0.2, -0.15) is 0 Å². The number of rotatable bonds is 8. The summed E-state index contributed by atoms with van der Waals surface area (Å²) in [5.74, 6) is 1.33. The number of nitrogens with zero attached hydrogens (tertiary/aromatic N) is 3. The molecule has 2 saturated heterocycles. The third-order valence-electron chi connectivity index (χ3n) is 8.14. The molecule has 5 rings (SSSR count). The SMILES string of the molecule is O=C(CN1CN(c2ccccc2)C2(CCN(C(=O)CCC3CCCC3)CC2)C1=O)NCc1ccco1. The van der Waals surface area contributed by atoms with Crippen molar-refractivity contribution in [2.45, 2.75) is 63.5 Å². The smallest absolute Gasteiger partial charge is 0.250 e. The fraction of sp³-hybridized carbons (Fsp3) is 0.536. The molecule has 1 saturated carbocycles. The van der Waals surface area contributed by atoms with Crippen LogP contribution in [-0.2, 0) is 20.9 Å². The largest absolute Gasteiger partial charge is 0.467 e. The molecular formula is C28H36N4O4. The molecule has 36 heavy (non-hydrogen) atoms. The molecule has 0 atom stereocenters. The molecule has 0 unspecified atom stereocenters. The predicted octanol–water partition coefficient (Wildman–Crippen LogP) is 3.53. The Hall–Kier alpha value is -3.29. The van der Waals surface area contributed by atoms with E-state index in [1.807, 2.05) is 35.2 Å². The van der Waals surface area contributed by atoms with Crippen molar-refractivity contribution in [1.82, 2.24) is 15.1 Å². The van der Waals surface area contributed by atoms with Crippen LogP contribution in [0.5, 0.6) is 0 Å². The molecule has 3 aliphatic rings. The van der Waals surface area contributed by atoms with Crippen molar-refractivity contribution in [1.29, 1.82) is 0 Å². The van der Waals surface area contributed by atoms with E-state index in [2.05, 4.69) is 10.2 Å². The topological polar surface area (TPSA) is 86.1 Å². The number of piperidine rings is 1. The van der Waals surface area contributed by atoms with Gasteiger partial charge in [-0.25, -0.2) is 0 Å². The standard InChI is InChI=1S/C28H36N4O4/c33-25(29-19-24-11-6-18-36-24)20-31-21-32(23-9-2-1-3-10-23)28(27(31)35)14-16-30(17-15-28)26(34)13-12-22-7-4-5-8-22/h1-3,6,9-11,18,22H,4-5,7-8,12-17,19-21H2,(H,29,33). The first-order chi connectivity index (χ1) is 17.5. The molecule has 8 heteroatoms. The number of furan rings is 1. The maximum Gasteiger partial charge on any atom is 0.250 e. The zero-order valence-electron chi connectivity index (χ0n) is 20.9. The lowest BCUT2D eigenvalue weighted by molar-refractivity contribution is -0.140. The van der Waals surface area contributed by atoms with Gasteiger partial charge in [0.15, 0.2) is 0 Å². The molecule has 3 amide bonds. The van der Waals surface area contributed by atoms with Gasteiger partial charge in [-0.05, 0) is 49.4 Å². The minimum absolute atomic E-state index is 0.00530. The average molecular weight is 493 g/mol. The van der Waals surface area contributed by atoms with Crippen LogP contribution >= 0.6 is 0 Å². The summed E-state index contributed by atoms with van der Waals surface area (Å²) in [6.45, 7) is 1.77. The number of amides is 3. The number of carbonyl (C=O) groups is 3. The summed E-state index contributed by atoms with van der Waals surface area (Å²) in [5.41, 5.74) is 0.232. The van der Waals surface area contributed by atoms with Crippen LogP contribution in [0.15, 0.2) is 53.1 Å². The highest BCUT2D eigenvalue weighted by Gasteiger charge is 2.54. The summed E-state index contributed by atoms with van der Waals surface area (Å²) in [6.07, 6.45) is 9.38. The molecular weight excluding hydrogens is 456 g/mol. The van der Waals surface area contributed by atoms with Gasteiger partial charge in [-0.3, -0.25) is 14.4 Å². The van der Waals surface area contributed by atoms with E-state index >= 15 is 0 Å². The number of hydrogen-bond donors (Lipinski definition) is 1. The Bertz CT molecular complexity index is 1040. The number of carbonyl (C=O) groups excluding carboxylic acids is 3. The average Bonchev–Trinajstić information content (AvgIpc) is 3.67. The monoisotopic (exact) mass is 492 g/mol. The van der Waals surface area contributed by atoms with Crippen molar-refractivity contribution in [3.8, 4) is 0 Å². The number of para-hydroxylation sites is 1. The van der Waals surface area contributed by atoms with Gasteiger partial charge in [0.2, 0.25) is 11.8 Å². The van der Waals surface area contributed by atoms with E-state index in [1.165, 1.54) is 25.7 Å². The molecule has 2 aliphatic heterocycles. The highest BCUT2D eigenvalue weighted by atomic mass is 16.3. The molecule has 1 N–H and O–H groups in total. The van der Waals surface area contributed by atoms with Crippen LogP contribution in [0.2, 0.25) is 0 Å². The second-order valence-corrected chi connectivity index (χ2v) is 10.4. The Labute approximate surface area is 212 Å². The molecule has 0 radical (unpaired) electrons. The highest BCUT2D eigenvalue weighted by molar-refractivity contribution is 5.96. The minimum atomic E-state index is -0.731. The minimum Gasteiger partial charge on any atom is -0.467 e. The third-order valence-corrected chi connectivity index (χ3v) is 8.14. The Morgan fingerprint density at radius 3 is 2.47 bits per heavy atom. The Kier molecular flexibility index (Phi) is 7.30. The number of likely N-dealkylation sites (tertiary alicyclic amines) is 1. The summed E-state index contributed by atoms with van der Waals surface area (Å²) < 4.78 is 5.28. The van der Waals surface area contributed by atoms with Gasteiger partial charge < -0.3 is 24.4 Å². The molecule has 192 valence electrons. The Morgan fingerprint density at radius 2 is 1.78 bits per heavy atom. The van der Waals surface area contributed by atoms with E-state index in [9.17, 15) is 14.4 Å². The second kappa shape index (κ2) is 10.8. The summed E-state index contributed by atoms with van der Waals surface area (Å²) in [7, 11) is 0. The molecule has 1 spiro atoms. The summed E-state index contributed by atoms with van der Waals surface area (Å²) >= 11 is 0. The van der Waals surface area contributed by atoms with Crippen LogP contribution < -0.4 is 10.2 Å². The van der Waals surface area contributed by atoms with Crippen molar-refractivity contribution in [3.63, 3.8) is 0 Å². The first-order valence-corrected chi connectivity index (χ1v) is 13.2. The van der Waals surface area contributed by atoms with Crippen LogP contribution in [0.4, 0.5) is 5.69 Å². The van der Waals surface area contributed by atoms with Gasteiger partial charge >= 0.3 is 0 Å². The fourth-order valence-electron chi connectivity index (χ4n) is 6.06. The van der Waals surface area contributed by atoms with Crippen LogP contribution in [-0.4, -0.2) is 59.4 Å². The molecule has 0 bridgehead atoms. The van der Waals surface area contributed by atoms with Crippen molar-refractivity contribution in [2.75, 3.05) is 31.2 Å². The van der Waals surface area contributed by atoms with E-state index in [4.69, 9.17) is 4.42 Å². The number of hydrogen-bond acceptors (Lipinski definition) is 5. The van der Waals surface area contributed by atoms with Crippen molar-refractivity contribution in [3.05, 3.63) is 54.5 Å². The van der Waals surface area contributed by atoms with Gasteiger partial charge in [0.1, 0.15) is 17.8 Å². The Morgan fingerprint density at radius 1 is 1.03 bits per heavy atom. The Balaban J connectivity index is 1.24. The predicted molar refractivity (Wildman–Crippen MR) is 136 cm³/mol. The molecule has 1 aliphatic carbocycles. The van der Waals surface area contributed by atoms with Crippen LogP contribution in [0.1, 0.15) is 57.1 Å². The van der Waals surface area contributed by atoms with Crippen LogP contribution in [0, 0.1) is 5.92 Å². The maximum atomic E-state index is 13.8. The molecule has 1 aromatic heterocycles. The number of anilines is 1.